The second-order valence-electron chi connectivity index (χ2n) is 10.9. The van der Waals surface area contributed by atoms with Crippen LogP contribution in [0.3, 0.4) is 0 Å². The van der Waals surface area contributed by atoms with Crippen LogP contribution < -0.4 is 15.5 Å². The van der Waals surface area contributed by atoms with E-state index >= 15 is 0 Å². The average Bonchev–Trinajstić information content (AvgIpc) is 3.24. The number of anilines is 2. The Morgan fingerprint density at radius 3 is 2.72 bits per heavy atom. The maximum atomic E-state index is 13.8. The van der Waals surface area contributed by atoms with Gasteiger partial charge >= 0.3 is 0 Å². The van der Waals surface area contributed by atoms with Crippen LogP contribution in [0, 0.1) is 12.3 Å². The lowest BCUT2D eigenvalue weighted by Crippen LogP contribution is -2.42. The second kappa shape index (κ2) is 11.5. The van der Waals surface area contributed by atoms with Crippen LogP contribution in [0.15, 0.2) is 66.1 Å². The predicted octanol–water partition coefficient (Wildman–Crippen LogP) is 6.04. The Labute approximate surface area is 238 Å². The first-order valence-electron chi connectivity index (χ1n) is 13.2. The largest absolute Gasteiger partial charge is 0.357 e. The summed E-state index contributed by atoms with van der Waals surface area (Å²) in [6.45, 7) is 6.87. The molecule has 3 N–H and O–H groups in total. The van der Waals surface area contributed by atoms with Crippen molar-refractivity contribution in [3.05, 3.63) is 88.1 Å². The number of halogens is 1. The Balaban J connectivity index is 1.43. The number of allylic oxidation sites excluding steroid dienone is 1. The number of carbonyl (C=O) groups is 2. The topological polar surface area (TPSA) is 90.1 Å². The van der Waals surface area contributed by atoms with Gasteiger partial charge in [0, 0.05) is 46.5 Å². The number of imidazole rings is 1. The van der Waals surface area contributed by atoms with Crippen molar-refractivity contribution in [3.8, 4) is 0 Å². The molecule has 0 saturated carbocycles. The third-order valence-electron chi connectivity index (χ3n) is 7.26. The van der Waals surface area contributed by atoms with Gasteiger partial charge in [-0.15, -0.1) is 0 Å². The normalized spacial score (nSPS) is 18.2. The van der Waals surface area contributed by atoms with E-state index in [1.807, 2.05) is 60.4 Å². The molecule has 2 heterocycles. The van der Waals surface area contributed by atoms with Crippen LogP contribution in [0.5, 0.6) is 0 Å². The summed E-state index contributed by atoms with van der Waals surface area (Å²) in [5.74, 6) is 1.54. The van der Waals surface area contributed by atoms with Gasteiger partial charge in [-0.3, -0.25) is 9.59 Å². The van der Waals surface area contributed by atoms with E-state index in [-0.39, 0.29) is 23.7 Å². The van der Waals surface area contributed by atoms with Crippen molar-refractivity contribution in [3.63, 3.8) is 0 Å². The molecular weight excluding hydrogens is 530 g/mol. The fourth-order valence-electron chi connectivity index (χ4n) is 5.42. The van der Waals surface area contributed by atoms with Crippen molar-refractivity contribution in [1.29, 1.82) is 0 Å². The van der Waals surface area contributed by atoms with E-state index in [9.17, 15) is 9.59 Å². The fraction of sp³-hybridized carbons (Fsp3) is 0.367. The number of rotatable bonds is 8. The maximum Gasteiger partial charge on any atom is 0.239 e. The number of benzene rings is 2. The van der Waals surface area contributed by atoms with Gasteiger partial charge < -0.3 is 20.5 Å². The van der Waals surface area contributed by atoms with Crippen LogP contribution in [-0.4, -0.2) is 40.5 Å². The van der Waals surface area contributed by atoms with Crippen molar-refractivity contribution in [2.75, 3.05) is 29.1 Å². The van der Waals surface area contributed by atoms with Gasteiger partial charge in [-0.25, -0.2) is 4.98 Å². The molecule has 39 heavy (non-hydrogen) atoms. The highest BCUT2D eigenvalue weighted by Gasteiger charge is 2.42. The number of Topliss-reactive ketones (excluding diaryl/α,β-unsaturated/α-hetero) is 1. The van der Waals surface area contributed by atoms with Gasteiger partial charge in [-0.05, 0) is 42.5 Å². The second-order valence-corrected chi connectivity index (χ2v) is 12.4. The molecule has 0 spiro atoms. The minimum Gasteiger partial charge on any atom is -0.357 e. The Morgan fingerprint density at radius 1 is 1.18 bits per heavy atom. The number of aryl methyl sites for hydroxylation is 1. The van der Waals surface area contributed by atoms with Crippen LogP contribution in [0.1, 0.15) is 49.7 Å². The summed E-state index contributed by atoms with van der Waals surface area (Å²) in [5, 5.41) is 7.22. The highest BCUT2D eigenvalue weighted by molar-refractivity contribution is 7.98. The van der Waals surface area contributed by atoms with Gasteiger partial charge in [0.05, 0.1) is 36.0 Å². The van der Waals surface area contributed by atoms with Gasteiger partial charge in [-0.1, -0.05) is 55.8 Å². The SMILES string of the molecule is Cc1[nH]cnc1CSCCNC(=O)CN1c2ccccc2NC2=C(C(=O)CC(C)(C)C2)C1c1ccccc1Cl. The van der Waals surface area contributed by atoms with Gasteiger partial charge in [0.1, 0.15) is 0 Å². The van der Waals surface area contributed by atoms with Crippen LogP contribution in [-0.2, 0) is 15.3 Å². The minimum atomic E-state index is -0.490. The predicted molar refractivity (Wildman–Crippen MR) is 159 cm³/mol. The van der Waals surface area contributed by atoms with E-state index in [1.54, 1.807) is 18.1 Å². The number of nitrogens with zero attached hydrogens (tertiary/aromatic N) is 2. The van der Waals surface area contributed by atoms with Crippen molar-refractivity contribution >= 4 is 46.4 Å². The molecule has 2 aromatic carbocycles. The zero-order valence-corrected chi connectivity index (χ0v) is 24.1. The van der Waals surface area contributed by atoms with E-state index in [4.69, 9.17) is 11.6 Å². The number of nitrogens with one attached hydrogen (secondary N) is 3. The number of H-pyrrole nitrogens is 1. The first-order valence-corrected chi connectivity index (χ1v) is 14.7. The number of fused-ring (bicyclic) bond motifs is 1. The smallest absolute Gasteiger partial charge is 0.239 e. The molecule has 204 valence electrons. The third kappa shape index (κ3) is 6.02. The number of aromatic nitrogens is 2. The molecule has 0 radical (unpaired) electrons. The van der Waals surface area contributed by atoms with Gasteiger partial charge in [0.25, 0.3) is 0 Å². The summed E-state index contributed by atoms with van der Waals surface area (Å²) < 4.78 is 0. The van der Waals surface area contributed by atoms with Crippen molar-refractivity contribution in [1.82, 2.24) is 15.3 Å². The summed E-state index contributed by atoms with van der Waals surface area (Å²) in [7, 11) is 0. The third-order valence-corrected chi connectivity index (χ3v) is 8.57. The molecule has 1 aliphatic carbocycles. The zero-order chi connectivity index (χ0) is 27.6. The number of amides is 1. The van der Waals surface area contributed by atoms with E-state index < -0.39 is 6.04 Å². The number of thioether (sulfide) groups is 1. The Kier molecular flexibility index (Phi) is 8.05. The van der Waals surface area contributed by atoms with Crippen molar-refractivity contribution in [2.24, 2.45) is 5.41 Å². The highest BCUT2D eigenvalue weighted by Crippen LogP contribution is 2.49. The number of carbonyl (C=O) groups excluding carboxylic acids is 2. The molecule has 1 atom stereocenters. The van der Waals surface area contributed by atoms with Crippen LogP contribution in [0.4, 0.5) is 11.4 Å². The lowest BCUT2D eigenvalue weighted by molar-refractivity contribution is -0.120. The average molecular weight is 564 g/mol. The molecule has 1 amide bonds. The van der Waals surface area contributed by atoms with E-state index in [2.05, 4.69) is 34.4 Å². The first kappa shape index (κ1) is 27.3. The summed E-state index contributed by atoms with van der Waals surface area (Å²) in [5.41, 5.74) is 6.09. The zero-order valence-electron chi connectivity index (χ0n) is 22.5. The monoisotopic (exact) mass is 563 g/mol. The molecule has 0 saturated heterocycles. The number of hydrogen-bond donors (Lipinski definition) is 3. The molecule has 7 nitrogen and oxygen atoms in total. The molecular formula is C30H34ClN5O2S. The molecule has 1 aliphatic heterocycles. The first-order chi connectivity index (χ1) is 18.7. The molecule has 1 unspecified atom stereocenters. The molecule has 1 aromatic heterocycles. The molecule has 2 aliphatic rings. The number of aromatic amines is 1. The molecule has 5 rings (SSSR count). The Morgan fingerprint density at radius 2 is 1.95 bits per heavy atom. The van der Waals surface area contributed by atoms with E-state index in [0.29, 0.717) is 23.6 Å². The summed E-state index contributed by atoms with van der Waals surface area (Å²) in [6.07, 6.45) is 2.88. The minimum absolute atomic E-state index is 0.0851. The summed E-state index contributed by atoms with van der Waals surface area (Å²) in [6, 6.07) is 15.0. The van der Waals surface area contributed by atoms with Gasteiger partial charge in [-0.2, -0.15) is 11.8 Å². The molecule has 3 aromatic rings. The van der Waals surface area contributed by atoms with Crippen molar-refractivity contribution in [2.45, 2.75) is 45.4 Å². The Hall–Kier alpha value is -3.23. The van der Waals surface area contributed by atoms with E-state index in [1.165, 1.54) is 0 Å². The fourth-order valence-corrected chi connectivity index (χ4v) is 6.54. The lowest BCUT2D eigenvalue weighted by atomic mass is 9.73. The van der Waals surface area contributed by atoms with Gasteiger partial charge in [0.2, 0.25) is 5.91 Å². The quantitative estimate of drug-likeness (QED) is 0.290. The van der Waals surface area contributed by atoms with Crippen LogP contribution >= 0.6 is 23.4 Å². The highest BCUT2D eigenvalue weighted by atomic mass is 35.5. The maximum absolute atomic E-state index is 13.8. The number of hydrogen-bond acceptors (Lipinski definition) is 6. The number of para-hydroxylation sites is 2. The lowest BCUT2D eigenvalue weighted by Gasteiger charge is -2.38. The van der Waals surface area contributed by atoms with E-state index in [0.717, 1.165) is 51.9 Å². The van der Waals surface area contributed by atoms with Crippen LogP contribution in [0.2, 0.25) is 5.02 Å². The summed E-state index contributed by atoms with van der Waals surface area (Å²) >= 11 is 8.48. The molecule has 0 bridgehead atoms. The Bertz CT molecular complexity index is 1420. The standard InChI is InChI=1S/C30H34ClN5O2S/c1-19-24(34-18-33-19)17-39-13-12-32-27(38)16-36-25-11-7-6-10-22(25)35-23-14-30(2,3)15-26(37)28(23)29(36)20-8-4-5-9-21(20)31/h4-11,18,29,35H,12-17H2,1-3H3,(H,32,38)(H,33,34). The molecule has 0 fully saturated rings. The molecule has 9 heteroatoms. The van der Waals surface area contributed by atoms with Gasteiger partial charge in [0.15, 0.2) is 5.78 Å². The summed E-state index contributed by atoms with van der Waals surface area (Å²) in [4.78, 5) is 36.6. The van der Waals surface area contributed by atoms with Crippen LogP contribution in [0.25, 0.3) is 0 Å². The number of ketones is 1. The van der Waals surface area contributed by atoms with Crippen molar-refractivity contribution < 1.29 is 9.59 Å².